The third-order valence-electron chi connectivity index (χ3n) is 5.90. The summed E-state index contributed by atoms with van der Waals surface area (Å²) in [5, 5.41) is 5.00. The van der Waals surface area contributed by atoms with Gasteiger partial charge in [-0.15, -0.1) is 11.3 Å². The lowest BCUT2D eigenvalue weighted by Gasteiger charge is -2.20. The summed E-state index contributed by atoms with van der Waals surface area (Å²) in [7, 11) is -3.60. The summed E-state index contributed by atoms with van der Waals surface area (Å²) in [6, 6.07) is 15.3. The summed E-state index contributed by atoms with van der Waals surface area (Å²) in [6.07, 6.45) is 3.78. The number of carbonyl (C=O) groups excluding carboxylic acids is 2. The second kappa shape index (κ2) is 11.2. The molecule has 3 aromatic rings. The van der Waals surface area contributed by atoms with E-state index in [0.29, 0.717) is 34.8 Å². The van der Waals surface area contributed by atoms with E-state index in [1.54, 1.807) is 6.92 Å². The number of anilines is 1. The minimum Gasteiger partial charge on any atom is -0.462 e. The Hall–Kier alpha value is -3.01. The van der Waals surface area contributed by atoms with Crippen LogP contribution >= 0.6 is 11.3 Å². The van der Waals surface area contributed by atoms with Gasteiger partial charge >= 0.3 is 5.97 Å². The van der Waals surface area contributed by atoms with Crippen LogP contribution in [0.1, 0.15) is 53.3 Å². The van der Waals surface area contributed by atoms with Crippen LogP contribution < -0.4 is 5.32 Å². The van der Waals surface area contributed by atoms with Crippen molar-refractivity contribution in [2.24, 2.45) is 0 Å². The van der Waals surface area contributed by atoms with Crippen LogP contribution in [-0.2, 0) is 14.8 Å². The lowest BCUT2D eigenvalue weighted by Crippen LogP contribution is -2.31. The Morgan fingerprint density at radius 2 is 1.63 bits per heavy atom. The van der Waals surface area contributed by atoms with E-state index in [9.17, 15) is 18.0 Å². The average Bonchev–Trinajstić information content (AvgIpc) is 3.08. The number of amides is 1. The van der Waals surface area contributed by atoms with Crippen molar-refractivity contribution in [3.05, 3.63) is 71.1 Å². The van der Waals surface area contributed by atoms with Crippen LogP contribution in [0.4, 0.5) is 5.00 Å². The Kier molecular flexibility index (Phi) is 8.00. The molecule has 9 heteroatoms. The molecular formula is C26H28N2O5S2. The van der Waals surface area contributed by atoms with Gasteiger partial charge in [0.15, 0.2) is 0 Å². The largest absolute Gasteiger partial charge is 0.462 e. The van der Waals surface area contributed by atoms with E-state index < -0.39 is 21.9 Å². The first kappa shape index (κ1) is 25.1. The lowest BCUT2D eigenvalue weighted by atomic mass is 10.0. The van der Waals surface area contributed by atoms with Gasteiger partial charge in [-0.25, -0.2) is 13.2 Å². The fourth-order valence-electron chi connectivity index (χ4n) is 4.07. The van der Waals surface area contributed by atoms with Crippen LogP contribution in [0.3, 0.4) is 0 Å². The number of esters is 1. The molecule has 0 unspecified atom stereocenters. The third-order valence-corrected chi connectivity index (χ3v) is 8.71. The van der Waals surface area contributed by atoms with E-state index in [4.69, 9.17) is 4.74 Å². The molecule has 0 saturated carbocycles. The zero-order valence-electron chi connectivity index (χ0n) is 19.5. The minimum absolute atomic E-state index is 0.172. The van der Waals surface area contributed by atoms with Gasteiger partial charge in [0.25, 0.3) is 5.91 Å². The first-order valence-corrected chi connectivity index (χ1v) is 14.0. The van der Waals surface area contributed by atoms with Gasteiger partial charge in [-0.05, 0) is 49.6 Å². The molecule has 1 saturated heterocycles. The number of sulfonamides is 1. The summed E-state index contributed by atoms with van der Waals surface area (Å²) in [5.74, 6) is -0.947. The molecule has 1 aliphatic rings. The summed E-state index contributed by atoms with van der Waals surface area (Å²) < 4.78 is 32.8. The van der Waals surface area contributed by atoms with Gasteiger partial charge in [-0.1, -0.05) is 43.2 Å². The van der Waals surface area contributed by atoms with Crippen molar-refractivity contribution < 1.29 is 22.7 Å². The highest BCUT2D eigenvalue weighted by Gasteiger charge is 2.26. The zero-order chi connectivity index (χ0) is 24.8. The summed E-state index contributed by atoms with van der Waals surface area (Å²) in [4.78, 5) is 25.9. The van der Waals surface area contributed by atoms with Crippen molar-refractivity contribution in [1.82, 2.24) is 4.31 Å². The number of thiophene rings is 1. The van der Waals surface area contributed by atoms with Gasteiger partial charge in [0.2, 0.25) is 10.0 Å². The molecule has 0 atom stereocenters. The van der Waals surface area contributed by atoms with Crippen LogP contribution in [0.5, 0.6) is 0 Å². The Balaban J connectivity index is 1.56. The summed E-state index contributed by atoms with van der Waals surface area (Å²) in [6.45, 7) is 2.97. The lowest BCUT2D eigenvalue weighted by molar-refractivity contribution is 0.0529. The maximum atomic E-state index is 13.0. The Morgan fingerprint density at radius 3 is 2.26 bits per heavy atom. The van der Waals surface area contributed by atoms with Gasteiger partial charge < -0.3 is 10.1 Å². The van der Waals surface area contributed by atoms with Crippen molar-refractivity contribution in [3.63, 3.8) is 0 Å². The van der Waals surface area contributed by atoms with Gasteiger partial charge in [0, 0.05) is 29.6 Å². The van der Waals surface area contributed by atoms with Gasteiger partial charge in [0.05, 0.1) is 11.5 Å². The Bertz CT molecular complexity index is 1280. The molecular weight excluding hydrogens is 484 g/mol. The quantitative estimate of drug-likeness (QED) is 0.428. The fourth-order valence-corrected chi connectivity index (χ4v) is 6.54. The number of nitrogens with zero attached hydrogens (tertiary/aromatic N) is 1. The molecule has 35 heavy (non-hydrogen) atoms. The Labute approximate surface area is 209 Å². The highest BCUT2D eigenvalue weighted by Crippen LogP contribution is 2.36. The number of carbonyl (C=O) groups is 2. The second-order valence-corrected chi connectivity index (χ2v) is 11.1. The van der Waals surface area contributed by atoms with E-state index in [2.05, 4.69) is 5.32 Å². The predicted molar refractivity (Wildman–Crippen MR) is 137 cm³/mol. The first-order chi connectivity index (χ1) is 16.9. The van der Waals surface area contributed by atoms with Crippen LogP contribution in [0.15, 0.2) is 64.9 Å². The van der Waals surface area contributed by atoms with E-state index >= 15 is 0 Å². The van der Waals surface area contributed by atoms with Crippen LogP contribution in [0, 0.1) is 0 Å². The van der Waals surface area contributed by atoms with E-state index in [-0.39, 0.29) is 11.5 Å². The summed E-state index contributed by atoms with van der Waals surface area (Å²) in [5.41, 5.74) is 2.12. The number of rotatable bonds is 7. The van der Waals surface area contributed by atoms with E-state index in [1.165, 1.54) is 39.9 Å². The molecule has 1 fully saturated rings. The average molecular weight is 513 g/mol. The number of nitrogens with one attached hydrogen (secondary N) is 1. The van der Waals surface area contributed by atoms with Gasteiger partial charge in [0.1, 0.15) is 10.6 Å². The molecule has 1 aliphatic heterocycles. The number of benzene rings is 2. The minimum atomic E-state index is -3.60. The molecule has 7 nitrogen and oxygen atoms in total. The zero-order valence-corrected chi connectivity index (χ0v) is 21.2. The smallest absolute Gasteiger partial charge is 0.341 e. The normalized spacial score (nSPS) is 14.8. The molecule has 0 spiro atoms. The van der Waals surface area contributed by atoms with Crippen molar-refractivity contribution in [2.75, 3.05) is 25.0 Å². The van der Waals surface area contributed by atoms with Crippen molar-refractivity contribution >= 4 is 38.2 Å². The second-order valence-electron chi connectivity index (χ2n) is 8.24. The van der Waals surface area contributed by atoms with Gasteiger partial charge in [-0.3, -0.25) is 4.79 Å². The maximum absolute atomic E-state index is 13.0. The standard InChI is InChI=1S/C26H28N2O5S2/c1-2-33-26(30)23-22(19-10-6-5-7-11-19)18-34-25(23)27-24(29)20-12-14-21(15-13-20)35(31,32)28-16-8-3-4-9-17-28/h5-7,10-15,18H,2-4,8-9,16-17H2,1H3,(H,27,29). The first-order valence-electron chi connectivity index (χ1n) is 11.7. The fraction of sp³-hybridized carbons (Fsp3) is 0.308. The van der Waals surface area contributed by atoms with E-state index in [0.717, 1.165) is 31.2 Å². The topological polar surface area (TPSA) is 92.8 Å². The number of hydrogen-bond acceptors (Lipinski definition) is 6. The maximum Gasteiger partial charge on any atom is 0.341 e. The molecule has 4 rings (SSSR count). The van der Waals surface area contributed by atoms with Crippen molar-refractivity contribution in [3.8, 4) is 11.1 Å². The monoisotopic (exact) mass is 512 g/mol. The third kappa shape index (κ3) is 5.63. The van der Waals surface area contributed by atoms with Crippen molar-refractivity contribution in [1.29, 1.82) is 0 Å². The highest BCUT2D eigenvalue weighted by molar-refractivity contribution is 7.89. The van der Waals surface area contributed by atoms with Crippen molar-refractivity contribution in [2.45, 2.75) is 37.5 Å². The van der Waals surface area contributed by atoms with Crippen LogP contribution in [0.2, 0.25) is 0 Å². The van der Waals surface area contributed by atoms with Crippen LogP contribution in [0.25, 0.3) is 11.1 Å². The molecule has 1 N–H and O–H groups in total. The molecule has 2 heterocycles. The molecule has 184 valence electrons. The SMILES string of the molecule is CCOC(=O)c1c(-c2ccccc2)csc1NC(=O)c1ccc(S(=O)(=O)N2CCCCCC2)cc1. The molecule has 2 aromatic carbocycles. The number of hydrogen-bond donors (Lipinski definition) is 1. The highest BCUT2D eigenvalue weighted by atomic mass is 32.2. The molecule has 0 radical (unpaired) electrons. The summed E-state index contributed by atoms with van der Waals surface area (Å²) >= 11 is 1.24. The Morgan fingerprint density at radius 1 is 0.971 bits per heavy atom. The molecule has 0 aliphatic carbocycles. The van der Waals surface area contributed by atoms with Crippen LogP contribution in [-0.4, -0.2) is 44.3 Å². The molecule has 1 aromatic heterocycles. The predicted octanol–water partition coefficient (Wildman–Crippen LogP) is 5.41. The van der Waals surface area contributed by atoms with Gasteiger partial charge in [-0.2, -0.15) is 4.31 Å². The molecule has 1 amide bonds. The number of ether oxygens (including phenoxy) is 1. The van der Waals surface area contributed by atoms with E-state index in [1.807, 2.05) is 35.7 Å². The molecule has 0 bridgehead atoms.